The van der Waals surface area contributed by atoms with Gasteiger partial charge in [0.2, 0.25) is 0 Å². The highest BCUT2D eigenvalue weighted by molar-refractivity contribution is 6.20. The van der Waals surface area contributed by atoms with Crippen LogP contribution >= 0.6 is 11.6 Å². The van der Waals surface area contributed by atoms with Gasteiger partial charge in [-0.05, 0) is 38.5 Å². The third-order valence-electron chi connectivity index (χ3n) is 2.23. The van der Waals surface area contributed by atoms with Crippen molar-refractivity contribution in [1.29, 1.82) is 0 Å². The Morgan fingerprint density at radius 1 is 1.64 bits per heavy atom. The fourth-order valence-corrected chi connectivity index (χ4v) is 1.63. The maximum Gasteiger partial charge on any atom is 0.0494 e. The van der Waals surface area contributed by atoms with Crippen molar-refractivity contribution in [2.75, 3.05) is 13.2 Å². The molecule has 0 spiro atoms. The summed E-state index contributed by atoms with van der Waals surface area (Å²) in [5.41, 5.74) is 0. The van der Waals surface area contributed by atoms with Crippen LogP contribution in [0.4, 0.5) is 0 Å². The van der Waals surface area contributed by atoms with E-state index >= 15 is 0 Å². The van der Waals surface area contributed by atoms with Crippen molar-refractivity contribution in [3.8, 4) is 0 Å². The van der Waals surface area contributed by atoms with E-state index in [9.17, 15) is 0 Å². The lowest BCUT2D eigenvalue weighted by Gasteiger charge is -2.22. The third-order valence-corrected chi connectivity index (χ3v) is 2.45. The van der Waals surface area contributed by atoms with Crippen LogP contribution in [-0.2, 0) is 4.74 Å². The highest BCUT2D eigenvalue weighted by Crippen LogP contribution is 2.20. The largest absolute Gasteiger partial charge is 0.381 e. The molecular weight excluding hydrogens is 160 g/mol. The summed E-state index contributed by atoms with van der Waals surface area (Å²) >= 11 is 5.86. The summed E-state index contributed by atoms with van der Waals surface area (Å²) in [5.74, 6) is 0.782. The van der Waals surface area contributed by atoms with Crippen LogP contribution in [0.5, 0.6) is 0 Å². The lowest BCUT2D eigenvalue weighted by Crippen LogP contribution is -2.17. The number of alkyl halides is 1. The summed E-state index contributed by atoms with van der Waals surface area (Å²) < 4.78 is 5.37. The van der Waals surface area contributed by atoms with Crippen molar-refractivity contribution >= 4 is 11.6 Å². The quantitative estimate of drug-likeness (QED) is 0.601. The molecule has 0 N–H and O–H groups in total. The number of rotatable bonds is 3. The zero-order chi connectivity index (χ0) is 8.10. The summed E-state index contributed by atoms with van der Waals surface area (Å²) in [6, 6.07) is 0. The number of hydrogen-bond donors (Lipinski definition) is 0. The topological polar surface area (TPSA) is 9.23 Å². The molecule has 0 aromatic carbocycles. The van der Waals surface area contributed by atoms with Crippen LogP contribution < -0.4 is 0 Å². The first kappa shape index (κ1) is 9.34. The van der Waals surface area contributed by atoms with Gasteiger partial charge >= 0.3 is 0 Å². The maximum atomic E-state index is 5.86. The Morgan fingerprint density at radius 3 is 3.00 bits per heavy atom. The van der Waals surface area contributed by atoms with E-state index in [1.54, 1.807) is 0 Å². The molecule has 1 aliphatic rings. The van der Waals surface area contributed by atoms with Gasteiger partial charge in [0.1, 0.15) is 0 Å². The SMILES string of the molecule is CC(Cl)CCC1CCCOC1. The normalized spacial score (nSPS) is 28.4. The van der Waals surface area contributed by atoms with Crippen molar-refractivity contribution in [3.63, 3.8) is 0 Å². The number of hydrogen-bond acceptors (Lipinski definition) is 1. The Bertz CT molecular complexity index is 97.7. The maximum absolute atomic E-state index is 5.86. The Labute approximate surface area is 74.1 Å². The van der Waals surface area contributed by atoms with Crippen molar-refractivity contribution in [3.05, 3.63) is 0 Å². The van der Waals surface area contributed by atoms with Gasteiger partial charge in [0.05, 0.1) is 0 Å². The molecule has 1 rings (SSSR count). The molecule has 2 heteroatoms. The molecule has 11 heavy (non-hydrogen) atoms. The summed E-state index contributed by atoms with van der Waals surface area (Å²) in [7, 11) is 0. The predicted molar refractivity (Wildman–Crippen MR) is 48.1 cm³/mol. The standard InChI is InChI=1S/C9H17ClO/c1-8(10)4-5-9-3-2-6-11-7-9/h8-9H,2-7H2,1H3. The van der Waals surface area contributed by atoms with Crippen LogP contribution in [0.25, 0.3) is 0 Å². The zero-order valence-corrected chi connectivity index (χ0v) is 7.94. The van der Waals surface area contributed by atoms with Crippen LogP contribution in [0.3, 0.4) is 0 Å². The van der Waals surface area contributed by atoms with E-state index in [1.165, 1.54) is 19.3 Å². The van der Waals surface area contributed by atoms with Crippen LogP contribution in [0.15, 0.2) is 0 Å². The molecule has 0 radical (unpaired) electrons. The predicted octanol–water partition coefficient (Wildman–Crippen LogP) is 2.82. The van der Waals surface area contributed by atoms with Gasteiger partial charge in [0, 0.05) is 18.6 Å². The van der Waals surface area contributed by atoms with E-state index in [0.717, 1.165) is 25.6 Å². The van der Waals surface area contributed by atoms with Gasteiger partial charge in [-0.2, -0.15) is 0 Å². The zero-order valence-electron chi connectivity index (χ0n) is 7.18. The molecule has 1 fully saturated rings. The summed E-state index contributed by atoms with van der Waals surface area (Å²) in [4.78, 5) is 0. The first-order chi connectivity index (χ1) is 5.29. The summed E-state index contributed by atoms with van der Waals surface area (Å²) in [6.07, 6.45) is 4.95. The van der Waals surface area contributed by atoms with Crippen LogP contribution in [-0.4, -0.2) is 18.6 Å². The van der Waals surface area contributed by atoms with Gasteiger partial charge in [0.15, 0.2) is 0 Å². The highest BCUT2D eigenvalue weighted by atomic mass is 35.5. The van der Waals surface area contributed by atoms with Gasteiger partial charge in [-0.15, -0.1) is 11.6 Å². The smallest absolute Gasteiger partial charge is 0.0494 e. The second-order valence-corrected chi connectivity index (χ2v) is 4.19. The number of ether oxygens (including phenoxy) is 1. The van der Waals surface area contributed by atoms with Crippen LogP contribution in [0.1, 0.15) is 32.6 Å². The van der Waals surface area contributed by atoms with E-state index < -0.39 is 0 Å². The molecule has 0 saturated carbocycles. The molecule has 1 aliphatic heterocycles. The fraction of sp³-hybridized carbons (Fsp3) is 1.00. The van der Waals surface area contributed by atoms with E-state index in [2.05, 4.69) is 6.92 Å². The molecule has 66 valence electrons. The molecule has 0 aliphatic carbocycles. The molecule has 0 aromatic rings. The minimum atomic E-state index is 0.330. The molecular formula is C9H17ClO. The first-order valence-corrected chi connectivity index (χ1v) is 4.94. The first-order valence-electron chi connectivity index (χ1n) is 4.51. The minimum absolute atomic E-state index is 0.330. The van der Waals surface area contributed by atoms with Crippen molar-refractivity contribution in [2.45, 2.75) is 38.0 Å². The van der Waals surface area contributed by atoms with Gasteiger partial charge in [-0.3, -0.25) is 0 Å². The molecule has 0 bridgehead atoms. The second kappa shape index (κ2) is 5.00. The molecule has 2 atom stereocenters. The van der Waals surface area contributed by atoms with E-state index in [1.807, 2.05) is 0 Å². The van der Waals surface area contributed by atoms with E-state index in [4.69, 9.17) is 16.3 Å². The number of halogens is 1. The third kappa shape index (κ3) is 3.97. The Kier molecular flexibility index (Phi) is 4.24. The highest BCUT2D eigenvalue weighted by Gasteiger charge is 2.13. The molecule has 0 amide bonds. The molecule has 0 aromatic heterocycles. The monoisotopic (exact) mass is 176 g/mol. The van der Waals surface area contributed by atoms with Crippen molar-refractivity contribution in [1.82, 2.24) is 0 Å². The Morgan fingerprint density at radius 2 is 2.45 bits per heavy atom. The molecule has 1 nitrogen and oxygen atoms in total. The van der Waals surface area contributed by atoms with Gasteiger partial charge in [-0.1, -0.05) is 0 Å². The van der Waals surface area contributed by atoms with Gasteiger partial charge in [0.25, 0.3) is 0 Å². The average molecular weight is 177 g/mol. The fourth-order valence-electron chi connectivity index (χ4n) is 1.50. The lowest BCUT2D eigenvalue weighted by molar-refractivity contribution is 0.0510. The van der Waals surface area contributed by atoms with Crippen molar-refractivity contribution in [2.24, 2.45) is 5.92 Å². The van der Waals surface area contributed by atoms with E-state index in [0.29, 0.717) is 5.38 Å². The van der Waals surface area contributed by atoms with Crippen LogP contribution in [0.2, 0.25) is 0 Å². The van der Waals surface area contributed by atoms with Crippen LogP contribution in [0, 0.1) is 5.92 Å². The van der Waals surface area contributed by atoms with Crippen molar-refractivity contribution < 1.29 is 4.74 Å². The minimum Gasteiger partial charge on any atom is -0.381 e. The molecule has 1 saturated heterocycles. The van der Waals surface area contributed by atoms with E-state index in [-0.39, 0.29) is 0 Å². The second-order valence-electron chi connectivity index (χ2n) is 3.44. The lowest BCUT2D eigenvalue weighted by atomic mass is 9.96. The molecule has 2 unspecified atom stereocenters. The Balaban J connectivity index is 2.05. The Hall–Kier alpha value is 0.250. The summed E-state index contributed by atoms with van der Waals surface area (Å²) in [6.45, 7) is 3.99. The summed E-state index contributed by atoms with van der Waals surface area (Å²) in [5, 5.41) is 0.330. The van der Waals surface area contributed by atoms with Gasteiger partial charge < -0.3 is 4.74 Å². The average Bonchev–Trinajstić information content (AvgIpc) is 2.03. The van der Waals surface area contributed by atoms with Gasteiger partial charge in [-0.25, -0.2) is 0 Å². The molecule has 1 heterocycles.